The van der Waals surface area contributed by atoms with E-state index in [4.69, 9.17) is 0 Å². The second kappa shape index (κ2) is 3.67. The van der Waals surface area contributed by atoms with E-state index in [1.165, 1.54) is 5.70 Å². The summed E-state index contributed by atoms with van der Waals surface area (Å²) < 4.78 is 14.0. The molecule has 1 aromatic rings. The normalized spacial score (nSPS) is 15.2. The molecule has 64 valence electrons. The summed E-state index contributed by atoms with van der Waals surface area (Å²) in [5, 5.41) is 0.822. The van der Waals surface area contributed by atoms with E-state index in [0.717, 1.165) is 5.19 Å². The van der Waals surface area contributed by atoms with Crippen molar-refractivity contribution >= 4 is 13.6 Å². The molecule has 0 aromatic heterocycles. The predicted molar refractivity (Wildman–Crippen MR) is 53.6 cm³/mol. The summed E-state index contributed by atoms with van der Waals surface area (Å²) in [5.41, 5.74) is 1.50. The molecule has 2 heteroatoms. The fourth-order valence-corrected chi connectivity index (χ4v) is 2.86. The second-order valence-corrected chi connectivity index (χ2v) is 6.20. The van der Waals surface area contributed by atoms with Crippen LogP contribution in [0.15, 0.2) is 42.6 Å². The first kappa shape index (κ1) is 9.20. The van der Waals surface area contributed by atoms with E-state index in [1.54, 1.807) is 0 Å². The minimum Gasteiger partial charge on any atom is -0.302 e. The van der Waals surface area contributed by atoms with Gasteiger partial charge in [-0.3, -0.25) is 0 Å². The third-order valence-corrected chi connectivity index (χ3v) is 5.06. The van der Waals surface area contributed by atoms with E-state index in [9.17, 15) is 4.11 Å². The zero-order valence-corrected chi connectivity index (χ0v) is 8.26. The molecule has 0 N–H and O–H groups in total. The Bertz CT molecular complexity index is 258. The van der Waals surface area contributed by atoms with Gasteiger partial charge >= 0.3 is 8.41 Å². The fraction of sp³-hybridized carbons (Fsp3) is 0.200. The number of hydrogen-bond donors (Lipinski definition) is 0. The Morgan fingerprint density at radius 3 is 2.42 bits per heavy atom. The molecule has 0 aliphatic rings. The molecule has 0 nitrogen and oxygen atoms in total. The third-order valence-electron chi connectivity index (χ3n) is 2.09. The quantitative estimate of drug-likeness (QED) is 0.495. The van der Waals surface area contributed by atoms with Crippen LogP contribution in [0.2, 0.25) is 6.04 Å². The van der Waals surface area contributed by atoms with Crippen molar-refractivity contribution in [1.82, 2.24) is 0 Å². The highest BCUT2D eigenvalue weighted by Crippen LogP contribution is 2.11. The first-order valence-electron chi connectivity index (χ1n) is 4.11. The van der Waals surface area contributed by atoms with Crippen molar-refractivity contribution in [3.05, 3.63) is 42.6 Å². The summed E-state index contributed by atoms with van der Waals surface area (Å²) in [6.45, 7) is 5.44. The van der Waals surface area contributed by atoms with Crippen molar-refractivity contribution in [1.29, 1.82) is 0 Å². The number of halogens is 1. The highest BCUT2D eigenvalue weighted by molar-refractivity contribution is 6.90. The smallest absolute Gasteiger partial charge is 0.300 e. The Kier molecular flexibility index (Phi) is 2.81. The van der Waals surface area contributed by atoms with E-state index in [0.29, 0.717) is 6.04 Å². The van der Waals surface area contributed by atoms with Crippen molar-refractivity contribution in [2.24, 2.45) is 0 Å². The average Bonchev–Trinajstić information content (AvgIpc) is 2.18. The van der Waals surface area contributed by atoms with Crippen LogP contribution in [0.5, 0.6) is 0 Å². The van der Waals surface area contributed by atoms with Gasteiger partial charge in [-0.1, -0.05) is 43.0 Å². The van der Waals surface area contributed by atoms with Gasteiger partial charge in [-0.25, -0.2) is 0 Å². The molecule has 0 radical (unpaired) electrons. The number of benzene rings is 1. The van der Waals surface area contributed by atoms with Gasteiger partial charge in [0.2, 0.25) is 0 Å². The fourth-order valence-electron chi connectivity index (χ4n) is 1.18. The second-order valence-electron chi connectivity index (χ2n) is 2.79. The standard InChI is InChI=1S/C10H13FSi/c1-3-12(11,4-2)10-8-6-5-7-9-10/h3,5-9H,1,4H2,2H3. The van der Waals surface area contributed by atoms with E-state index < -0.39 is 8.41 Å². The third kappa shape index (κ3) is 1.64. The zero-order valence-electron chi connectivity index (χ0n) is 7.26. The maximum absolute atomic E-state index is 14.0. The van der Waals surface area contributed by atoms with E-state index in [2.05, 4.69) is 6.58 Å². The first-order chi connectivity index (χ1) is 5.73. The summed E-state index contributed by atoms with van der Waals surface area (Å²) in [7, 11) is -2.81. The van der Waals surface area contributed by atoms with Gasteiger partial charge in [0.25, 0.3) is 0 Å². The highest BCUT2D eigenvalue weighted by atomic mass is 28.4. The van der Waals surface area contributed by atoms with Crippen LogP contribution in [0.4, 0.5) is 4.11 Å². The lowest BCUT2D eigenvalue weighted by Crippen LogP contribution is -2.40. The molecule has 0 amide bonds. The van der Waals surface area contributed by atoms with E-state index in [1.807, 2.05) is 37.3 Å². The molecule has 0 saturated carbocycles. The van der Waals surface area contributed by atoms with Crippen molar-refractivity contribution in [2.75, 3.05) is 0 Å². The van der Waals surface area contributed by atoms with Gasteiger partial charge in [-0.2, -0.15) is 0 Å². The Labute approximate surface area is 73.9 Å². The van der Waals surface area contributed by atoms with Crippen LogP contribution in [0.3, 0.4) is 0 Å². The average molecular weight is 180 g/mol. The van der Waals surface area contributed by atoms with Crippen LogP contribution >= 0.6 is 0 Å². The van der Waals surface area contributed by atoms with Gasteiger partial charge in [0.05, 0.1) is 0 Å². The molecule has 1 unspecified atom stereocenters. The lowest BCUT2D eigenvalue weighted by molar-refractivity contribution is 0.813. The summed E-state index contributed by atoms with van der Waals surface area (Å²) in [6.07, 6.45) is 0. The Morgan fingerprint density at radius 2 is 2.00 bits per heavy atom. The maximum Gasteiger partial charge on any atom is 0.300 e. The largest absolute Gasteiger partial charge is 0.302 e. The van der Waals surface area contributed by atoms with Crippen molar-refractivity contribution in [3.8, 4) is 0 Å². The van der Waals surface area contributed by atoms with Gasteiger partial charge in [-0.05, 0) is 11.2 Å². The van der Waals surface area contributed by atoms with Crippen LogP contribution in [0, 0.1) is 0 Å². The Balaban J connectivity index is 3.03. The van der Waals surface area contributed by atoms with Gasteiger partial charge in [0.1, 0.15) is 0 Å². The van der Waals surface area contributed by atoms with Gasteiger partial charge < -0.3 is 4.11 Å². The van der Waals surface area contributed by atoms with Crippen molar-refractivity contribution in [2.45, 2.75) is 13.0 Å². The minimum absolute atomic E-state index is 0.570. The SMILES string of the molecule is C=C[Si](F)(CC)c1ccccc1. The number of hydrogen-bond acceptors (Lipinski definition) is 0. The van der Waals surface area contributed by atoms with Gasteiger partial charge in [0, 0.05) is 0 Å². The Morgan fingerprint density at radius 1 is 1.42 bits per heavy atom. The molecule has 0 heterocycles. The highest BCUT2D eigenvalue weighted by Gasteiger charge is 2.29. The summed E-state index contributed by atoms with van der Waals surface area (Å²) in [4.78, 5) is 0. The molecule has 0 spiro atoms. The lowest BCUT2D eigenvalue weighted by atomic mass is 10.4. The summed E-state index contributed by atoms with van der Waals surface area (Å²) in [6, 6.07) is 9.90. The minimum atomic E-state index is -2.81. The zero-order chi connectivity index (χ0) is 9.03. The predicted octanol–water partition coefficient (Wildman–Crippen LogP) is 2.55. The molecule has 0 aliphatic heterocycles. The molecule has 0 aliphatic carbocycles. The first-order valence-corrected chi connectivity index (χ1v) is 6.27. The maximum atomic E-state index is 14.0. The monoisotopic (exact) mass is 180 g/mol. The molecule has 0 fully saturated rings. The van der Waals surface area contributed by atoms with Crippen LogP contribution in [0.25, 0.3) is 0 Å². The van der Waals surface area contributed by atoms with E-state index >= 15 is 0 Å². The van der Waals surface area contributed by atoms with Crippen molar-refractivity contribution in [3.63, 3.8) is 0 Å². The Hall–Kier alpha value is -0.893. The van der Waals surface area contributed by atoms with Gasteiger partial charge in [-0.15, -0.1) is 6.58 Å². The molecular weight excluding hydrogens is 167 g/mol. The van der Waals surface area contributed by atoms with Gasteiger partial charge in [0.15, 0.2) is 0 Å². The van der Waals surface area contributed by atoms with Crippen LogP contribution in [0.1, 0.15) is 6.92 Å². The van der Waals surface area contributed by atoms with Crippen LogP contribution in [-0.2, 0) is 0 Å². The molecule has 1 aromatic carbocycles. The molecular formula is C10H13FSi. The molecule has 1 rings (SSSR count). The molecule has 0 saturated heterocycles. The lowest BCUT2D eigenvalue weighted by Gasteiger charge is -2.15. The molecule has 0 bridgehead atoms. The van der Waals surface area contributed by atoms with E-state index in [-0.39, 0.29) is 0 Å². The topological polar surface area (TPSA) is 0 Å². The van der Waals surface area contributed by atoms with Crippen LogP contribution in [-0.4, -0.2) is 8.41 Å². The summed E-state index contributed by atoms with van der Waals surface area (Å²) >= 11 is 0. The molecule has 12 heavy (non-hydrogen) atoms. The van der Waals surface area contributed by atoms with Crippen LogP contribution < -0.4 is 5.19 Å². The summed E-state index contributed by atoms with van der Waals surface area (Å²) in [5.74, 6) is 0. The number of rotatable bonds is 3. The van der Waals surface area contributed by atoms with Crippen molar-refractivity contribution < 1.29 is 4.11 Å². The molecule has 1 atom stereocenters.